The first kappa shape index (κ1) is 28.2. The summed E-state index contributed by atoms with van der Waals surface area (Å²) in [6, 6.07) is 5.52. The Bertz CT molecular complexity index is 792. The molecule has 30 heavy (non-hydrogen) atoms. The summed E-state index contributed by atoms with van der Waals surface area (Å²) in [7, 11) is 0. The Morgan fingerprint density at radius 1 is 1.20 bits per heavy atom. The van der Waals surface area contributed by atoms with Crippen LogP contribution in [0.1, 0.15) is 19.3 Å². The predicted molar refractivity (Wildman–Crippen MR) is 101 cm³/mol. The molecule has 0 heterocycles. The number of carboxylic acid groups (broad SMARTS) is 1. The van der Waals surface area contributed by atoms with Gasteiger partial charge in [-0.1, -0.05) is 18.1 Å². The number of aliphatic carboxylic acids is 1. The Hall–Kier alpha value is -1.80. The molecule has 0 radical (unpaired) electrons. The van der Waals surface area contributed by atoms with Crippen molar-refractivity contribution in [3.05, 3.63) is 66.1 Å². The molecule has 7 nitrogen and oxygen atoms in total. The number of benzene rings is 1. The fourth-order valence-corrected chi connectivity index (χ4v) is 1.83. The molecule has 0 spiro atoms. The Balaban J connectivity index is 0.00000841. The molecule has 0 aliphatic rings. The van der Waals surface area contributed by atoms with Crippen molar-refractivity contribution in [2.24, 2.45) is 0 Å². The molecular formula is C21H22FKO7. The van der Waals surface area contributed by atoms with E-state index in [1.807, 2.05) is 0 Å². The standard InChI is InChI=1S/C21H23FO7.K/c22-16-9-11-18(12-10-16)29-13-17(23)7-5-3-1-2-4-6-8-19(24)20(25)14-28-15-21(26)27;/h4,6,8-12,14,17,23-25H,2,5,7,13,15H2,(H,26,27);/q;+1/p-1/b6-4+,19-8+,20-14?;/t17-;/m0./s1. The second-order valence-electron chi connectivity index (χ2n) is 5.68. The molecule has 0 saturated heterocycles. The number of halogens is 1. The molecule has 0 saturated carbocycles. The van der Waals surface area contributed by atoms with Crippen LogP contribution in [0.2, 0.25) is 0 Å². The number of aliphatic hydroxyl groups is 3. The molecule has 0 bridgehead atoms. The zero-order valence-corrected chi connectivity index (χ0v) is 19.7. The van der Waals surface area contributed by atoms with E-state index in [0.717, 1.165) is 0 Å². The topological polar surface area (TPSA) is 119 Å². The maximum atomic E-state index is 12.8. The van der Waals surface area contributed by atoms with Crippen LogP contribution in [0.4, 0.5) is 4.39 Å². The fraction of sp³-hybridized carbons (Fsp3) is 0.286. The minimum atomic E-state index is -1.45. The summed E-state index contributed by atoms with van der Waals surface area (Å²) in [4.78, 5) is 10.1. The van der Waals surface area contributed by atoms with Gasteiger partial charge in [0.25, 0.3) is 0 Å². The van der Waals surface area contributed by atoms with Gasteiger partial charge in [0.05, 0.1) is 12.1 Å². The van der Waals surface area contributed by atoms with E-state index in [1.54, 1.807) is 6.08 Å². The summed E-state index contributed by atoms with van der Waals surface area (Å²) in [6.07, 6.45) is 5.54. The van der Waals surface area contributed by atoms with E-state index in [9.17, 15) is 29.6 Å². The number of aliphatic hydroxyl groups excluding tert-OH is 3. The van der Waals surface area contributed by atoms with Gasteiger partial charge in [0.15, 0.2) is 11.5 Å². The Morgan fingerprint density at radius 2 is 1.90 bits per heavy atom. The molecule has 1 aromatic rings. The summed E-state index contributed by atoms with van der Waals surface area (Å²) < 4.78 is 22.6. The van der Waals surface area contributed by atoms with Crippen molar-refractivity contribution in [2.75, 3.05) is 13.2 Å². The summed E-state index contributed by atoms with van der Waals surface area (Å²) in [6.45, 7) is -0.656. The molecule has 0 unspecified atom stereocenters. The zero-order valence-electron chi connectivity index (χ0n) is 16.6. The first-order valence-electron chi connectivity index (χ1n) is 8.67. The van der Waals surface area contributed by atoms with Gasteiger partial charge in [0.1, 0.15) is 31.0 Å². The van der Waals surface area contributed by atoms with Crippen LogP contribution in [-0.2, 0) is 9.53 Å². The molecular weight excluding hydrogens is 422 g/mol. The number of rotatable bonds is 11. The van der Waals surface area contributed by atoms with Crippen molar-refractivity contribution in [1.29, 1.82) is 0 Å². The van der Waals surface area contributed by atoms with Gasteiger partial charge < -0.3 is 34.7 Å². The summed E-state index contributed by atoms with van der Waals surface area (Å²) in [5.74, 6) is 3.27. The van der Waals surface area contributed by atoms with Crippen LogP contribution in [0, 0.1) is 17.7 Å². The first-order chi connectivity index (χ1) is 13.9. The molecule has 0 aliphatic heterocycles. The summed E-state index contributed by atoms with van der Waals surface area (Å²) in [5.41, 5.74) is 0. The van der Waals surface area contributed by atoms with Crippen LogP contribution in [0.15, 0.2) is 60.3 Å². The van der Waals surface area contributed by atoms with Crippen LogP contribution in [0.25, 0.3) is 0 Å². The predicted octanol–water partition coefficient (Wildman–Crippen LogP) is -1.09. The molecule has 1 aromatic carbocycles. The van der Waals surface area contributed by atoms with Gasteiger partial charge in [-0.2, -0.15) is 0 Å². The minimum Gasteiger partial charge on any atom is -0.546 e. The molecule has 0 amide bonds. The number of hydrogen-bond donors (Lipinski definition) is 3. The van der Waals surface area contributed by atoms with Crippen LogP contribution >= 0.6 is 0 Å². The number of hydrogen-bond acceptors (Lipinski definition) is 7. The van der Waals surface area contributed by atoms with Gasteiger partial charge in [0.2, 0.25) is 0 Å². The van der Waals surface area contributed by atoms with Gasteiger partial charge in [-0.05, 0) is 36.8 Å². The van der Waals surface area contributed by atoms with E-state index in [0.29, 0.717) is 31.3 Å². The molecule has 0 fully saturated rings. The largest absolute Gasteiger partial charge is 1.00 e. The maximum Gasteiger partial charge on any atom is 1.00 e. The van der Waals surface area contributed by atoms with Crippen molar-refractivity contribution in [1.82, 2.24) is 0 Å². The second kappa shape index (κ2) is 16.9. The summed E-state index contributed by atoms with van der Waals surface area (Å²) >= 11 is 0. The molecule has 3 N–H and O–H groups in total. The smallest absolute Gasteiger partial charge is 0.546 e. The molecule has 156 valence electrons. The third-order valence-corrected chi connectivity index (χ3v) is 3.25. The first-order valence-corrected chi connectivity index (χ1v) is 8.67. The maximum absolute atomic E-state index is 12.8. The number of carbonyl (C=O) groups is 1. The second-order valence-corrected chi connectivity index (χ2v) is 5.68. The molecule has 0 aromatic heterocycles. The van der Waals surface area contributed by atoms with Gasteiger partial charge in [0, 0.05) is 12.8 Å². The van der Waals surface area contributed by atoms with Crippen molar-refractivity contribution in [3.63, 3.8) is 0 Å². The van der Waals surface area contributed by atoms with Gasteiger partial charge in [-0.25, -0.2) is 4.39 Å². The monoisotopic (exact) mass is 444 g/mol. The van der Waals surface area contributed by atoms with E-state index >= 15 is 0 Å². The number of allylic oxidation sites excluding steroid dienone is 3. The van der Waals surface area contributed by atoms with Crippen LogP contribution < -0.4 is 61.2 Å². The van der Waals surface area contributed by atoms with Crippen LogP contribution in [-0.4, -0.2) is 40.6 Å². The Labute approximate surface area is 216 Å². The average Bonchev–Trinajstić information content (AvgIpc) is 2.69. The molecule has 9 heteroatoms. The molecule has 1 rings (SSSR count). The third kappa shape index (κ3) is 14.2. The fourth-order valence-electron chi connectivity index (χ4n) is 1.83. The van der Waals surface area contributed by atoms with Gasteiger partial charge in [-0.15, -0.1) is 5.92 Å². The van der Waals surface area contributed by atoms with Crippen LogP contribution in [0.5, 0.6) is 5.75 Å². The minimum absolute atomic E-state index is 0. The SMILES string of the molecule is O=C([O-])COC=C(O)/C(O)=C\C=C\CC#CCC[C@H](O)COc1ccc(F)cc1.[K+]. The Morgan fingerprint density at radius 3 is 2.57 bits per heavy atom. The van der Waals surface area contributed by atoms with E-state index in [2.05, 4.69) is 16.6 Å². The number of carbonyl (C=O) groups excluding carboxylic acids is 1. The summed E-state index contributed by atoms with van der Waals surface area (Å²) in [5, 5.41) is 38.8. The Kier molecular flexibility index (Phi) is 15.9. The van der Waals surface area contributed by atoms with Crippen molar-refractivity contribution in [2.45, 2.75) is 25.4 Å². The third-order valence-electron chi connectivity index (χ3n) is 3.25. The van der Waals surface area contributed by atoms with Crippen LogP contribution in [0.3, 0.4) is 0 Å². The van der Waals surface area contributed by atoms with Gasteiger partial charge >= 0.3 is 51.4 Å². The van der Waals surface area contributed by atoms with Crippen molar-refractivity contribution < 1.29 is 90.5 Å². The number of ether oxygens (including phenoxy) is 2. The molecule has 0 aliphatic carbocycles. The van der Waals surface area contributed by atoms with E-state index in [-0.39, 0.29) is 63.8 Å². The van der Waals surface area contributed by atoms with Gasteiger partial charge in [-0.3, -0.25) is 0 Å². The number of carboxylic acids is 1. The van der Waals surface area contributed by atoms with Crippen molar-refractivity contribution in [3.8, 4) is 17.6 Å². The normalized spacial score (nSPS) is 12.5. The van der Waals surface area contributed by atoms with Crippen molar-refractivity contribution >= 4 is 5.97 Å². The van der Waals surface area contributed by atoms with E-state index in [1.165, 1.54) is 36.4 Å². The van der Waals surface area contributed by atoms with E-state index < -0.39 is 30.2 Å². The zero-order chi connectivity index (χ0) is 21.5. The van der Waals surface area contributed by atoms with E-state index in [4.69, 9.17) is 4.74 Å². The average molecular weight is 444 g/mol. The molecule has 1 atom stereocenters. The quantitative estimate of drug-likeness (QED) is 0.172.